The lowest BCUT2D eigenvalue weighted by atomic mass is 10.0. The molecule has 2 fully saturated rings. The van der Waals surface area contributed by atoms with E-state index in [9.17, 15) is 16.8 Å². The van der Waals surface area contributed by atoms with Crippen LogP contribution in [0.2, 0.25) is 0 Å². The molecule has 146 valence electrons. The molecule has 6 nitrogen and oxygen atoms in total. The molecule has 0 radical (unpaired) electrons. The Bertz CT molecular complexity index is 889. The van der Waals surface area contributed by atoms with Crippen molar-refractivity contribution in [2.75, 3.05) is 37.7 Å². The Morgan fingerprint density at radius 3 is 1.96 bits per heavy atom. The van der Waals surface area contributed by atoms with Gasteiger partial charge >= 0.3 is 0 Å². The Balaban J connectivity index is 1.79. The Kier molecular flexibility index (Phi) is 5.24. The minimum absolute atomic E-state index is 0.0366. The first-order valence-electron chi connectivity index (χ1n) is 9.05. The molecule has 0 amide bonds. The van der Waals surface area contributed by atoms with Gasteiger partial charge in [-0.1, -0.05) is 6.07 Å². The van der Waals surface area contributed by atoms with E-state index >= 15 is 0 Å². The fourth-order valence-corrected chi connectivity index (χ4v) is 7.83. The quantitative estimate of drug-likeness (QED) is 0.767. The maximum atomic E-state index is 13.3. The van der Waals surface area contributed by atoms with E-state index in [1.807, 2.05) is 33.8 Å². The summed E-state index contributed by atoms with van der Waals surface area (Å²) in [5, 5.41) is 0. The van der Waals surface area contributed by atoms with Crippen molar-refractivity contribution in [1.82, 2.24) is 9.21 Å². The summed E-state index contributed by atoms with van der Waals surface area (Å²) in [6, 6.07) is 2.07. The van der Waals surface area contributed by atoms with Gasteiger partial charge in [-0.15, -0.1) is 0 Å². The number of piperazine rings is 1. The molecule has 0 aliphatic carbocycles. The molecule has 1 aromatic rings. The molecule has 2 aliphatic rings. The fraction of sp³-hybridized carbons (Fsp3) is 0.667. The van der Waals surface area contributed by atoms with E-state index < -0.39 is 19.9 Å². The molecule has 8 heteroatoms. The second-order valence-electron chi connectivity index (χ2n) is 7.59. The molecular weight excluding hydrogens is 372 g/mol. The third kappa shape index (κ3) is 3.56. The van der Waals surface area contributed by atoms with Crippen LogP contribution >= 0.6 is 0 Å². The molecule has 1 atom stereocenters. The van der Waals surface area contributed by atoms with Gasteiger partial charge in [0.1, 0.15) is 0 Å². The SMILES string of the molecule is Cc1cc(C)c(C)c(S(=O)(=O)N2CCN(C3CCS(=O)(=O)C3)CC2)c1C. The number of hydrogen-bond donors (Lipinski definition) is 0. The van der Waals surface area contributed by atoms with Gasteiger partial charge in [0.2, 0.25) is 10.0 Å². The number of rotatable bonds is 3. The number of sulfonamides is 1. The summed E-state index contributed by atoms with van der Waals surface area (Å²) in [5.41, 5.74) is 3.61. The average Bonchev–Trinajstić information content (AvgIpc) is 2.93. The molecule has 1 aromatic carbocycles. The lowest BCUT2D eigenvalue weighted by Crippen LogP contribution is -2.52. The highest BCUT2D eigenvalue weighted by Crippen LogP contribution is 2.30. The van der Waals surface area contributed by atoms with Crippen molar-refractivity contribution in [3.05, 3.63) is 28.3 Å². The van der Waals surface area contributed by atoms with Crippen LogP contribution in [0.5, 0.6) is 0 Å². The van der Waals surface area contributed by atoms with Gasteiger partial charge in [-0.25, -0.2) is 16.8 Å². The van der Waals surface area contributed by atoms with Crippen LogP contribution in [0.25, 0.3) is 0 Å². The van der Waals surface area contributed by atoms with Crippen LogP contribution in [0.4, 0.5) is 0 Å². The first kappa shape index (κ1) is 19.8. The summed E-state index contributed by atoms with van der Waals surface area (Å²) in [6.07, 6.45) is 0.657. The number of aryl methyl sites for hydroxylation is 2. The van der Waals surface area contributed by atoms with Gasteiger partial charge < -0.3 is 0 Å². The monoisotopic (exact) mass is 400 g/mol. The van der Waals surface area contributed by atoms with Crippen molar-refractivity contribution in [3.63, 3.8) is 0 Å². The second-order valence-corrected chi connectivity index (χ2v) is 11.7. The van der Waals surface area contributed by atoms with Crippen LogP contribution in [0.15, 0.2) is 11.0 Å². The molecule has 0 aromatic heterocycles. The zero-order valence-corrected chi connectivity index (χ0v) is 17.6. The van der Waals surface area contributed by atoms with Crippen LogP contribution in [-0.2, 0) is 19.9 Å². The van der Waals surface area contributed by atoms with E-state index in [0.717, 1.165) is 22.3 Å². The molecule has 0 bridgehead atoms. The van der Waals surface area contributed by atoms with Crippen LogP contribution < -0.4 is 0 Å². The normalized spacial score (nSPS) is 24.8. The third-order valence-electron chi connectivity index (χ3n) is 5.89. The highest BCUT2D eigenvalue weighted by atomic mass is 32.2. The predicted molar refractivity (Wildman–Crippen MR) is 103 cm³/mol. The predicted octanol–water partition coefficient (Wildman–Crippen LogP) is 1.41. The van der Waals surface area contributed by atoms with E-state index in [-0.39, 0.29) is 17.5 Å². The van der Waals surface area contributed by atoms with Gasteiger partial charge in [0, 0.05) is 32.2 Å². The second kappa shape index (κ2) is 6.89. The lowest BCUT2D eigenvalue weighted by Gasteiger charge is -2.37. The van der Waals surface area contributed by atoms with Gasteiger partial charge in [-0.2, -0.15) is 4.31 Å². The molecule has 0 saturated carbocycles. The van der Waals surface area contributed by atoms with Crippen LogP contribution in [0.1, 0.15) is 28.7 Å². The smallest absolute Gasteiger partial charge is 0.243 e. The number of benzene rings is 1. The molecular formula is C18H28N2O4S2. The van der Waals surface area contributed by atoms with Crippen molar-refractivity contribution in [1.29, 1.82) is 0 Å². The van der Waals surface area contributed by atoms with Gasteiger partial charge in [-0.3, -0.25) is 4.90 Å². The molecule has 1 unspecified atom stereocenters. The Hall–Kier alpha value is -0.960. The zero-order valence-electron chi connectivity index (χ0n) is 15.9. The molecule has 2 aliphatic heterocycles. The Labute approximate surface area is 157 Å². The van der Waals surface area contributed by atoms with Gasteiger partial charge in [0.05, 0.1) is 16.4 Å². The van der Waals surface area contributed by atoms with Crippen molar-refractivity contribution in [2.24, 2.45) is 0 Å². The summed E-state index contributed by atoms with van der Waals surface area (Å²) >= 11 is 0. The molecule has 2 saturated heterocycles. The van der Waals surface area contributed by atoms with Crippen LogP contribution in [-0.4, -0.2) is 69.8 Å². The maximum Gasteiger partial charge on any atom is 0.243 e. The maximum absolute atomic E-state index is 13.3. The summed E-state index contributed by atoms with van der Waals surface area (Å²) in [6.45, 7) is 9.61. The zero-order chi connectivity index (χ0) is 19.3. The van der Waals surface area contributed by atoms with Crippen molar-refractivity contribution >= 4 is 19.9 Å². The molecule has 0 N–H and O–H groups in total. The van der Waals surface area contributed by atoms with Crippen LogP contribution in [0, 0.1) is 27.7 Å². The van der Waals surface area contributed by atoms with Crippen LogP contribution in [0.3, 0.4) is 0 Å². The standard InChI is InChI=1S/C18H28N2O4S2/c1-13-11-14(2)16(4)18(15(13)3)26(23,24)20-8-6-19(7-9-20)17-5-10-25(21,22)12-17/h11,17H,5-10,12H2,1-4H3. The topological polar surface area (TPSA) is 74.8 Å². The van der Waals surface area contributed by atoms with E-state index in [1.165, 1.54) is 0 Å². The highest BCUT2D eigenvalue weighted by molar-refractivity contribution is 7.91. The molecule has 3 rings (SSSR count). The van der Waals surface area contributed by atoms with Gasteiger partial charge in [0.15, 0.2) is 9.84 Å². The first-order valence-corrected chi connectivity index (χ1v) is 12.3. The minimum atomic E-state index is -3.55. The molecule has 26 heavy (non-hydrogen) atoms. The number of nitrogens with zero attached hydrogens (tertiary/aromatic N) is 2. The molecule has 2 heterocycles. The first-order chi connectivity index (χ1) is 12.0. The summed E-state index contributed by atoms with van der Waals surface area (Å²) in [4.78, 5) is 2.57. The largest absolute Gasteiger partial charge is 0.297 e. The Morgan fingerprint density at radius 2 is 1.50 bits per heavy atom. The van der Waals surface area contributed by atoms with E-state index in [0.29, 0.717) is 37.5 Å². The van der Waals surface area contributed by atoms with Gasteiger partial charge in [0.25, 0.3) is 0 Å². The van der Waals surface area contributed by atoms with Crippen molar-refractivity contribution in [3.8, 4) is 0 Å². The highest BCUT2D eigenvalue weighted by Gasteiger charge is 2.37. The minimum Gasteiger partial charge on any atom is -0.297 e. The number of hydrogen-bond acceptors (Lipinski definition) is 5. The van der Waals surface area contributed by atoms with E-state index in [2.05, 4.69) is 4.90 Å². The van der Waals surface area contributed by atoms with Gasteiger partial charge in [-0.05, 0) is 56.4 Å². The lowest BCUT2D eigenvalue weighted by molar-refractivity contribution is 0.148. The number of sulfone groups is 1. The Morgan fingerprint density at radius 1 is 0.962 bits per heavy atom. The molecule has 0 spiro atoms. The van der Waals surface area contributed by atoms with E-state index in [1.54, 1.807) is 4.31 Å². The third-order valence-corrected chi connectivity index (χ3v) is 9.82. The summed E-state index contributed by atoms with van der Waals surface area (Å²) < 4.78 is 51.5. The van der Waals surface area contributed by atoms with Crippen molar-refractivity contribution < 1.29 is 16.8 Å². The fourth-order valence-electron chi connectivity index (χ4n) is 4.07. The average molecular weight is 401 g/mol. The summed E-state index contributed by atoms with van der Waals surface area (Å²) in [5.74, 6) is 0.451. The summed E-state index contributed by atoms with van der Waals surface area (Å²) in [7, 11) is -6.47. The van der Waals surface area contributed by atoms with E-state index in [4.69, 9.17) is 0 Å². The van der Waals surface area contributed by atoms with Crippen molar-refractivity contribution in [2.45, 2.75) is 45.1 Å².